The van der Waals surface area contributed by atoms with Gasteiger partial charge in [-0.15, -0.1) is 0 Å². The Bertz CT molecular complexity index is 1090. The molecule has 8 heteroatoms. The molecule has 1 N–H and O–H groups in total. The third kappa shape index (κ3) is 3.57. The molecule has 0 spiro atoms. The molecular weight excluding hydrogens is 377 g/mol. The van der Waals surface area contributed by atoms with E-state index < -0.39 is 11.9 Å². The van der Waals surface area contributed by atoms with Crippen LogP contribution in [-0.2, 0) is 4.79 Å². The molecule has 1 fully saturated rings. The molecule has 29 heavy (non-hydrogen) atoms. The summed E-state index contributed by atoms with van der Waals surface area (Å²) in [6.07, 6.45) is 0.540. The fourth-order valence-electron chi connectivity index (χ4n) is 3.90. The number of pyridine rings is 1. The van der Waals surface area contributed by atoms with Crippen LogP contribution in [0.15, 0.2) is 34.9 Å². The van der Waals surface area contributed by atoms with Crippen LogP contribution in [0.3, 0.4) is 0 Å². The van der Waals surface area contributed by atoms with Crippen LogP contribution < -0.4 is 0 Å². The van der Waals surface area contributed by atoms with Crippen molar-refractivity contribution in [1.29, 1.82) is 0 Å². The number of carbonyl (C=O) groups excluding carboxylic acids is 1. The number of aliphatic carboxylic acids is 1. The minimum atomic E-state index is -0.901. The van der Waals surface area contributed by atoms with E-state index in [1.54, 1.807) is 30.0 Å². The first kappa shape index (κ1) is 19.0. The van der Waals surface area contributed by atoms with Crippen LogP contribution in [0.2, 0.25) is 0 Å². The number of halogens is 1. The van der Waals surface area contributed by atoms with Crippen LogP contribution in [0.4, 0.5) is 4.39 Å². The Morgan fingerprint density at radius 1 is 1.24 bits per heavy atom. The smallest absolute Gasteiger partial charge is 0.308 e. The number of fused-ring (bicyclic) bond motifs is 1. The summed E-state index contributed by atoms with van der Waals surface area (Å²) in [5.74, 6) is -2.08. The molecule has 0 radical (unpaired) electrons. The average Bonchev–Trinajstić information content (AvgIpc) is 3.07. The summed E-state index contributed by atoms with van der Waals surface area (Å²) in [6.45, 7) is 4.29. The number of likely N-dealkylation sites (tertiary alicyclic amines) is 1. The van der Waals surface area contributed by atoms with E-state index in [-0.39, 0.29) is 29.9 Å². The van der Waals surface area contributed by atoms with Crippen LogP contribution in [0.5, 0.6) is 0 Å². The van der Waals surface area contributed by atoms with Gasteiger partial charge in [0, 0.05) is 18.7 Å². The zero-order chi connectivity index (χ0) is 20.7. The molecule has 2 atom stereocenters. The second kappa shape index (κ2) is 7.27. The molecule has 4 rings (SSSR count). The number of benzene rings is 1. The second-order valence-corrected chi connectivity index (χ2v) is 7.60. The van der Waals surface area contributed by atoms with Gasteiger partial charge in [0.05, 0.1) is 28.3 Å². The van der Waals surface area contributed by atoms with Gasteiger partial charge in [-0.25, -0.2) is 9.37 Å². The number of amides is 1. The van der Waals surface area contributed by atoms with E-state index in [0.29, 0.717) is 40.9 Å². The predicted molar refractivity (Wildman–Crippen MR) is 103 cm³/mol. The Kier molecular flexibility index (Phi) is 4.77. The third-order valence-electron chi connectivity index (χ3n) is 5.28. The van der Waals surface area contributed by atoms with Crippen molar-refractivity contribution in [2.75, 3.05) is 13.1 Å². The highest BCUT2D eigenvalue weighted by Gasteiger charge is 2.33. The Morgan fingerprint density at radius 3 is 2.66 bits per heavy atom. The van der Waals surface area contributed by atoms with Crippen LogP contribution >= 0.6 is 0 Å². The molecule has 1 aliphatic rings. The highest BCUT2D eigenvalue weighted by Crippen LogP contribution is 2.30. The van der Waals surface area contributed by atoms with E-state index in [1.165, 1.54) is 12.1 Å². The second-order valence-electron chi connectivity index (χ2n) is 7.60. The molecule has 1 amide bonds. The van der Waals surface area contributed by atoms with Crippen LogP contribution in [-0.4, -0.2) is 45.1 Å². The summed E-state index contributed by atoms with van der Waals surface area (Å²) >= 11 is 0. The van der Waals surface area contributed by atoms with Crippen molar-refractivity contribution in [3.8, 4) is 11.3 Å². The topological polar surface area (TPSA) is 96.5 Å². The van der Waals surface area contributed by atoms with Gasteiger partial charge in [0.15, 0.2) is 0 Å². The fraction of sp³-hybridized carbons (Fsp3) is 0.333. The highest BCUT2D eigenvalue weighted by molar-refractivity contribution is 6.07. The minimum Gasteiger partial charge on any atom is -0.481 e. The summed E-state index contributed by atoms with van der Waals surface area (Å²) < 4.78 is 18.6. The van der Waals surface area contributed by atoms with Crippen molar-refractivity contribution in [1.82, 2.24) is 15.0 Å². The monoisotopic (exact) mass is 397 g/mol. The standard InChI is InChI=1S/C21H20FN3O4/c1-11-7-14(21(27)28)10-25(9-11)20(26)16-8-17(13-3-5-15(22)6-4-13)23-19-18(16)12(2)24-29-19/h3-6,8,11,14H,7,9-10H2,1-2H3,(H,27,28). The molecule has 3 aromatic rings. The zero-order valence-electron chi connectivity index (χ0n) is 16.1. The lowest BCUT2D eigenvalue weighted by Crippen LogP contribution is -2.45. The van der Waals surface area contributed by atoms with Crippen molar-refractivity contribution in [2.24, 2.45) is 11.8 Å². The lowest BCUT2D eigenvalue weighted by atomic mass is 9.90. The largest absolute Gasteiger partial charge is 0.481 e. The maximum absolute atomic E-state index is 13.4. The van der Waals surface area contributed by atoms with Gasteiger partial charge >= 0.3 is 5.97 Å². The molecule has 150 valence electrons. The van der Waals surface area contributed by atoms with E-state index in [1.807, 2.05) is 6.92 Å². The molecule has 1 aromatic carbocycles. The van der Waals surface area contributed by atoms with Crippen molar-refractivity contribution in [3.05, 3.63) is 47.4 Å². The number of carbonyl (C=O) groups is 2. The number of carboxylic acid groups (broad SMARTS) is 1. The van der Waals surface area contributed by atoms with Gasteiger partial charge in [-0.1, -0.05) is 12.1 Å². The van der Waals surface area contributed by atoms with Gasteiger partial charge in [-0.3, -0.25) is 9.59 Å². The number of hydrogen-bond acceptors (Lipinski definition) is 5. The number of hydrogen-bond donors (Lipinski definition) is 1. The maximum Gasteiger partial charge on any atom is 0.308 e. The van der Waals surface area contributed by atoms with E-state index in [9.17, 15) is 19.1 Å². The van der Waals surface area contributed by atoms with Crippen molar-refractivity contribution >= 4 is 23.0 Å². The summed E-state index contributed by atoms with van der Waals surface area (Å²) in [5, 5.41) is 13.9. The van der Waals surface area contributed by atoms with Gasteiger partial charge < -0.3 is 14.5 Å². The quantitative estimate of drug-likeness (QED) is 0.726. The van der Waals surface area contributed by atoms with Crippen LogP contribution in [0, 0.1) is 24.6 Å². The maximum atomic E-state index is 13.4. The summed E-state index contributed by atoms with van der Waals surface area (Å²) in [4.78, 5) is 30.9. The first-order valence-electron chi connectivity index (χ1n) is 9.38. The third-order valence-corrected chi connectivity index (χ3v) is 5.28. The Balaban J connectivity index is 1.79. The molecular formula is C21H20FN3O4. The van der Waals surface area contributed by atoms with Gasteiger partial charge in [-0.2, -0.15) is 0 Å². The molecule has 0 aliphatic carbocycles. The Labute approximate surface area is 166 Å². The van der Waals surface area contributed by atoms with Gasteiger partial charge in [-0.05, 0) is 49.6 Å². The molecule has 1 saturated heterocycles. The fourth-order valence-corrected chi connectivity index (χ4v) is 3.90. The summed E-state index contributed by atoms with van der Waals surface area (Å²) in [5.41, 5.74) is 2.18. The summed E-state index contributed by atoms with van der Waals surface area (Å²) in [7, 11) is 0. The Morgan fingerprint density at radius 2 is 1.97 bits per heavy atom. The number of nitrogens with zero attached hydrogens (tertiary/aromatic N) is 3. The lowest BCUT2D eigenvalue weighted by Gasteiger charge is -2.34. The predicted octanol–water partition coefficient (Wildman–Crippen LogP) is 3.52. The Hall–Kier alpha value is -3.29. The minimum absolute atomic E-state index is 0.0752. The number of piperidine rings is 1. The van der Waals surface area contributed by atoms with E-state index in [4.69, 9.17) is 4.52 Å². The van der Waals surface area contributed by atoms with Crippen molar-refractivity contribution in [3.63, 3.8) is 0 Å². The van der Waals surface area contributed by atoms with E-state index in [2.05, 4.69) is 10.1 Å². The lowest BCUT2D eigenvalue weighted by molar-refractivity contribution is -0.143. The molecule has 2 unspecified atom stereocenters. The molecule has 2 aromatic heterocycles. The number of aryl methyl sites for hydroxylation is 1. The number of carboxylic acids is 1. The molecule has 0 bridgehead atoms. The first-order valence-corrected chi connectivity index (χ1v) is 9.38. The van der Waals surface area contributed by atoms with Crippen LogP contribution in [0.1, 0.15) is 29.4 Å². The zero-order valence-corrected chi connectivity index (χ0v) is 16.1. The number of rotatable bonds is 3. The molecule has 0 saturated carbocycles. The van der Waals surface area contributed by atoms with Gasteiger partial charge in [0.2, 0.25) is 0 Å². The molecule has 3 heterocycles. The first-order chi connectivity index (χ1) is 13.8. The highest BCUT2D eigenvalue weighted by atomic mass is 19.1. The molecule has 1 aliphatic heterocycles. The van der Waals surface area contributed by atoms with Gasteiger partial charge in [0.1, 0.15) is 5.82 Å². The number of aromatic nitrogens is 2. The normalized spacial score (nSPS) is 19.5. The van der Waals surface area contributed by atoms with E-state index in [0.717, 1.165) is 0 Å². The SMILES string of the molecule is Cc1noc2nc(-c3ccc(F)cc3)cc(C(=O)N3CC(C)CC(C(=O)O)C3)c12. The van der Waals surface area contributed by atoms with Crippen molar-refractivity contribution < 1.29 is 23.6 Å². The average molecular weight is 397 g/mol. The van der Waals surface area contributed by atoms with E-state index >= 15 is 0 Å². The van der Waals surface area contributed by atoms with Gasteiger partial charge in [0.25, 0.3) is 11.6 Å². The van der Waals surface area contributed by atoms with Crippen molar-refractivity contribution in [2.45, 2.75) is 20.3 Å². The van der Waals surface area contributed by atoms with Crippen LogP contribution in [0.25, 0.3) is 22.4 Å². The summed E-state index contributed by atoms with van der Waals surface area (Å²) in [6, 6.07) is 7.42. The molecule has 7 nitrogen and oxygen atoms in total.